The summed E-state index contributed by atoms with van der Waals surface area (Å²) < 4.78 is 0. The van der Waals surface area contributed by atoms with Gasteiger partial charge in [-0.15, -0.1) is 0 Å². The molecule has 0 bridgehead atoms. The summed E-state index contributed by atoms with van der Waals surface area (Å²) >= 11 is 0. The van der Waals surface area contributed by atoms with Crippen LogP contribution in [0.3, 0.4) is 0 Å². The topological polar surface area (TPSA) is 0 Å². The van der Waals surface area contributed by atoms with E-state index in [1.807, 2.05) is 0 Å². The van der Waals surface area contributed by atoms with Crippen LogP contribution >= 0.6 is 0 Å². The lowest BCUT2D eigenvalue weighted by Crippen LogP contribution is -2.43. The van der Waals surface area contributed by atoms with Gasteiger partial charge in [0.1, 0.15) is 0 Å². The summed E-state index contributed by atoms with van der Waals surface area (Å²) in [5.41, 5.74) is 3.50. The maximum Gasteiger partial charge on any atom is 0.0557 e. The quantitative estimate of drug-likeness (QED) is 0.347. The average Bonchev–Trinajstić information content (AvgIpc) is 2.94. The molecule has 0 aromatic rings. The molecule has 2 aliphatic carbocycles. The smallest absolute Gasteiger partial charge is 0.0557 e. The van der Waals surface area contributed by atoms with Crippen molar-refractivity contribution in [2.75, 3.05) is 0 Å². The Hall–Kier alpha value is 0.434. The molecule has 0 spiro atoms. The predicted octanol–water partition coefficient (Wildman–Crippen LogP) is 8.69. The van der Waals surface area contributed by atoms with Gasteiger partial charge in [-0.05, 0) is 70.3 Å². The van der Waals surface area contributed by atoms with Crippen molar-refractivity contribution in [2.45, 2.75) is 108 Å². The molecule has 0 heterocycles. The Balaban J connectivity index is 2.07. The lowest BCUT2D eigenvalue weighted by molar-refractivity contribution is 0.446. The molecule has 2 heteroatoms. The van der Waals surface area contributed by atoms with Crippen LogP contribution in [0.5, 0.6) is 0 Å². The van der Waals surface area contributed by atoms with Gasteiger partial charge in [0.15, 0.2) is 0 Å². The molecule has 2 saturated carbocycles. The van der Waals surface area contributed by atoms with Gasteiger partial charge in [-0.25, -0.2) is 0 Å². The summed E-state index contributed by atoms with van der Waals surface area (Å²) in [7, 11) is -2.94. The molecule has 10 radical (unpaired) electrons. The first-order valence-electron chi connectivity index (χ1n) is 12.0. The maximum absolute atomic E-state index is 2.62. The van der Waals surface area contributed by atoms with E-state index in [1.165, 1.54) is 35.8 Å². The SMILES string of the molecule is C[C]1[C](C)[C](C)[C]([Si](C)(C)CC(C)C(C)C[Si](C)(C)[C]2[C](C)[C](C)[C](C)[C]2C)[C]1C. The van der Waals surface area contributed by atoms with Crippen molar-refractivity contribution in [1.29, 1.82) is 0 Å². The molecule has 2 fully saturated rings. The summed E-state index contributed by atoms with van der Waals surface area (Å²) in [6, 6.07) is 2.81. The van der Waals surface area contributed by atoms with Crippen molar-refractivity contribution >= 4 is 16.1 Å². The summed E-state index contributed by atoms with van der Waals surface area (Å²) in [4.78, 5) is 0. The van der Waals surface area contributed by atoms with E-state index < -0.39 is 16.1 Å². The fourth-order valence-corrected chi connectivity index (χ4v) is 15.9. The van der Waals surface area contributed by atoms with Gasteiger partial charge >= 0.3 is 0 Å². The number of hydrogen-bond donors (Lipinski definition) is 0. The monoisotopic (exact) mass is 440 g/mol. The Labute approximate surface area is 193 Å². The second-order valence-corrected chi connectivity index (χ2v) is 21.2. The van der Waals surface area contributed by atoms with Crippen molar-refractivity contribution < 1.29 is 0 Å². The first kappa shape index (κ1) is 26.7. The Kier molecular flexibility index (Phi) is 8.32. The molecular formula is C28H48Si2. The first-order chi connectivity index (χ1) is 13.5. The Morgan fingerprint density at radius 3 is 0.833 bits per heavy atom. The second-order valence-electron chi connectivity index (χ2n) is 11.9. The normalized spacial score (nSPS) is 27.0. The molecule has 30 heavy (non-hydrogen) atoms. The Bertz CT molecular complexity index is 489. The van der Waals surface area contributed by atoms with Crippen LogP contribution in [-0.2, 0) is 0 Å². The minimum Gasteiger partial charge on any atom is -0.0689 e. The van der Waals surface area contributed by atoms with E-state index >= 15 is 0 Å². The van der Waals surface area contributed by atoms with Gasteiger partial charge in [-0.2, -0.15) is 0 Å². The Morgan fingerprint density at radius 1 is 0.433 bits per heavy atom. The van der Waals surface area contributed by atoms with Gasteiger partial charge in [0, 0.05) is 0 Å². The summed E-state index contributed by atoms with van der Waals surface area (Å²) in [6.45, 7) is 34.3. The second kappa shape index (κ2) is 9.36. The summed E-state index contributed by atoms with van der Waals surface area (Å²) in [5.74, 6) is 14.0. The van der Waals surface area contributed by atoms with Gasteiger partial charge < -0.3 is 0 Å². The molecule has 2 rings (SSSR count). The van der Waals surface area contributed by atoms with Gasteiger partial charge in [-0.3, -0.25) is 0 Å². The molecule has 0 aliphatic heterocycles. The maximum atomic E-state index is 2.62. The van der Waals surface area contributed by atoms with Gasteiger partial charge in [0.05, 0.1) is 16.1 Å². The fourth-order valence-electron chi connectivity index (χ4n) is 6.68. The van der Waals surface area contributed by atoms with E-state index in [-0.39, 0.29) is 0 Å². The van der Waals surface area contributed by atoms with Crippen molar-refractivity contribution in [2.24, 2.45) is 11.8 Å². The molecule has 2 atom stereocenters. The van der Waals surface area contributed by atoms with Crippen LogP contribution in [0, 0.1) is 70.3 Å². The summed E-state index contributed by atoms with van der Waals surface area (Å²) in [6.07, 6.45) is 0. The van der Waals surface area contributed by atoms with Gasteiger partial charge in [0.25, 0.3) is 0 Å². The standard InChI is InChI=1S/C28H48Si2/c1-17(15-29(11,12)27-23(7)19(3)20(4)24(27)8)18(2)16-30(13,14)28-25(9)21(5)22(6)26(28)10/h17-18H,15-16H2,1-14H3. The zero-order chi connectivity index (χ0) is 23.3. The van der Waals surface area contributed by atoms with Crippen LogP contribution in [-0.4, -0.2) is 16.1 Å². The molecule has 0 N–H and O–H groups in total. The molecule has 168 valence electrons. The van der Waals surface area contributed by atoms with Crippen LogP contribution in [0.1, 0.15) is 69.2 Å². The third-order valence-electron chi connectivity index (χ3n) is 8.86. The third-order valence-corrected chi connectivity index (χ3v) is 16.4. The van der Waals surface area contributed by atoms with Gasteiger partial charge in [0.2, 0.25) is 0 Å². The third kappa shape index (κ3) is 4.85. The average molecular weight is 441 g/mol. The van der Waals surface area contributed by atoms with E-state index in [9.17, 15) is 0 Å². The van der Waals surface area contributed by atoms with Crippen molar-refractivity contribution in [3.05, 3.63) is 58.4 Å². The van der Waals surface area contributed by atoms with E-state index in [0.717, 1.165) is 11.8 Å². The molecular weight excluding hydrogens is 392 g/mol. The lowest BCUT2D eigenvalue weighted by Gasteiger charge is -2.41. The zero-order valence-electron chi connectivity index (χ0n) is 22.6. The van der Waals surface area contributed by atoms with E-state index in [4.69, 9.17) is 0 Å². The van der Waals surface area contributed by atoms with Crippen molar-refractivity contribution in [3.8, 4) is 0 Å². The largest absolute Gasteiger partial charge is 0.0689 e. The molecule has 0 aromatic carbocycles. The van der Waals surface area contributed by atoms with E-state index in [0.29, 0.717) is 0 Å². The molecule has 0 saturated heterocycles. The Morgan fingerprint density at radius 2 is 0.633 bits per heavy atom. The van der Waals surface area contributed by atoms with Crippen molar-refractivity contribution in [3.63, 3.8) is 0 Å². The van der Waals surface area contributed by atoms with Crippen LogP contribution in [0.15, 0.2) is 0 Å². The van der Waals surface area contributed by atoms with Crippen LogP contribution in [0.25, 0.3) is 0 Å². The highest BCUT2D eigenvalue weighted by atomic mass is 28.3. The number of hydrogen-bond acceptors (Lipinski definition) is 0. The summed E-state index contributed by atoms with van der Waals surface area (Å²) in [5, 5.41) is 0. The number of rotatable bonds is 7. The molecule has 2 aliphatic rings. The van der Waals surface area contributed by atoms with E-state index in [1.54, 1.807) is 34.8 Å². The van der Waals surface area contributed by atoms with Crippen molar-refractivity contribution in [1.82, 2.24) is 0 Å². The van der Waals surface area contributed by atoms with Crippen LogP contribution in [0.2, 0.25) is 38.3 Å². The molecule has 2 unspecified atom stereocenters. The molecule has 0 amide bonds. The molecule has 0 aromatic heterocycles. The highest BCUT2D eigenvalue weighted by Gasteiger charge is 2.53. The van der Waals surface area contributed by atoms with Crippen LogP contribution < -0.4 is 0 Å². The first-order valence-corrected chi connectivity index (χ1v) is 18.4. The van der Waals surface area contributed by atoms with Gasteiger partial charge in [-0.1, -0.05) is 108 Å². The minimum atomic E-state index is -1.47. The predicted molar refractivity (Wildman–Crippen MR) is 141 cm³/mol. The fraction of sp³-hybridized carbons (Fsp3) is 0.643. The van der Waals surface area contributed by atoms with Crippen LogP contribution in [0.4, 0.5) is 0 Å². The highest BCUT2D eigenvalue weighted by molar-refractivity contribution is 6.85. The molecule has 0 nitrogen and oxygen atoms in total. The zero-order valence-corrected chi connectivity index (χ0v) is 24.6. The minimum absolute atomic E-state index is 0.783. The highest BCUT2D eigenvalue weighted by Crippen LogP contribution is 2.58. The lowest BCUT2D eigenvalue weighted by atomic mass is 9.92. The van der Waals surface area contributed by atoms with E-state index in [2.05, 4.69) is 95.4 Å².